The van der Waals surface area contributed by atoms with Crippen LogP contribution in [0.25, 0.3) is 0 Å². The topological polar surface area (TPSA) is 62.7 Å². The molecule has 0 aliphatic rings. The van der Waals surface area contributed by atoms with Gasteiger partial charge in [0.05, 0.1) is 16.9 Å². The lowest BCUT2D eigenvalue weighted by Gasteiger charge is -2.12. The number of nitrogens with one attached hydrogen (secondary N) is 2. The molecule has 0 atom stereocenters. The molecule has 0 aliphatic heterocycles. The van der Waals surface area contributed by atoms with Crippen molar-refractivity contribution in [1.29, 1.82) is 0 Å². The molecule has 1 heterocycles. The van der Waals surface area contributed by atoms with Crippen LogP contribution in [0.1, 0.15) is 11.1 Å². The number of anilines is 4. The predicted octanol–water partition coefficient (Wildman–Crippen LogP) is 4.63. The van der Waals surface area contributed by atoms with Crippen LogP contribution in [-0.2, 0) is 0 Å². The molecular formula is C17H16ClN5. The van der Waals surface area contributed by atoms with Crippen molar-refractivity contribution in [1.82, 2.24) is 15.2 Å². The first kappa shape index (κ1) is 15.2. The molecule has 0 saturated heterocycles. The van der Waals surface area contributed by atoms with Crippen molar-refractivity contribution in [3.63, 3.8) is 0 Å². The molecule has 0 fully saturated rings. The summed E-state index contributed by atoms with van der Waals surface area (Å²) in [6.07, 6.45) is 1.59. The number of hydrogen-bond acceptors (Lipinski definition) is 5. The lowest BCUT2D eigenvalue weighted by molar-refractivity contribution is 0.982. The van der Waals surface area contributed by atoms with Crippen molar-refractivity contribution in [2.24, 2.45) is 0 Å². The predicted molar refractivity (Wildman–Crippen MR) is 93.8 cm³/mol. The van der Waals surface area contributed by atoms with Crippen molar-refractivity contribution >= 4 is 34.7 Å². The van der Waals surface area contributed by atoms with E-state index in [0.29, 0.717) is 16.8 Å². The molecule has 0 aliphatic carbocycles. The van der Waals surface area contributed by atoms with E-state index in [9.17, 15) is 0 Å². The van der Waals surface area contributed by atoms with Gasteiger partial charge < -0.3 is 10.6 Å². The smallest absolute Gasteiger partial charge is 0.249 e. The second-order valence-corrected chi connectivity index (χ2v) is 5.57. The second-order valence-electron chi connectivity index (χ2n) is 5.16. The Kier molecular flexibility index (Phi) is 4.39. The van der Waals surface area contributed by atoms with E-state index in [-0.39, 0.29) is 0 Å². The lowest BCUT2D eigenvalue weighted by Crippen LogP contribution is -2.04. The molecule has 5 nitrogen and oxygen atoms in total. The van der Waals surface area contributed by atoms with E-state index >= 15 is 0 Å². The number of nitrogens with zero attached hydrogens (tertiary/aromatic N) is 3. The number of hydrogen-bond donors (Lipinski definition) is 2. The number of aromatic nitrogens is 3. The third-order valence-corrected chi connectivity index (χ3v) is 3.74. The van der Waals surface area contributed by atoms with Gasteiger partial charge in [0.1, 0.15) is 0 Å². The summed E-state index contributed by atoms with van der Waals surface area (Å²) in [5.74, 6) is 1.00. The molecule has 0 amide bonds. The van der Waals surface area contributed by atoms with Crippen LogP contribution < -0.4 is 10.6 Å². The van der Waals surface area contributed by atoms with Crippen molar-refractivity contribution in [3.05, 3.63) is 64.8 Å². The number of para-hydroxylation sites is 2. The van der Waals surface area contributed by atoms with Crippen LogP contribution >= 0.6 is 11.6 Å². The van der Waals surface area contributed by atoms with E-state index in [4.69, 9.17) is 11.6 Å². The first-order chi connectivity index (χ1) is 11.1. The van der Waals surface area contributed by atoms with Gasteiger partial charge >= 0.3 is 0 Å². The van der Waals surface area contributed by atoms with Crippen LogP contribution in [0, 0.1) is 13.8 Å². The minimum Gasteiger partial charge on any atom is -0.338 e. The minimum atomic E-state index is 0.384. The summed E-state index contributed by atoms with van der Waals surface area (Å²) < 4.78 is 0. The van der Waals surface area contributed by atoms with Gasteiger partial charge in [0.15, 0.2) is 5.82 Å². The molecular weight excluding hydrogens is 310 g/mol. The highest BCUT2D eigenvalue weighted by Crippen LogP contribution is 2.25. The molecule has 0 unspecified atom stereocenters. The van der Waals surface area contributed by atoms with Gasteiger partial charge in [0.25, 0.3) is 0 Å². The van der Waals surface area contributed by atoms with Gasteiger partial charge in [0, 0.05) is 5.69 Å². The van der Waals surface area contributed by atoms with Crippen LogP contribution in [0.4, 0.5) is 23.1 Å². The molecule has 2 aromatic carbocycles. The first-order valence-corrected chi connectivity index (χ1v) is 7.56. The van der Waals surface area contributed by atoms with Crippen molar-refractivity contribution in [3.8, 4) is 0 Å². The molecule has 116 valence electrons. The van der Waals surface area contributed by atoms with Crippen molar-refractivity contribution in [2.75, 3.05) is 10.6 Å². The maximum absolute atomic E-state index is 6.13. The average Bonchev–Trinajstić information content (AvgIpc) is 2.54. The number of rotatable bonds is 4. The molecule has 0 bridgehead atoms. The molecule has 0 spiro atoms. The molecule has 0 saturated carbocycles. The highest BCUT2D eigenvalue weighted by molar-refractivity contribution is 6.33. The number of aryl methyl sites for hydroxylation is 2. The average molecular weight is 326 g/mol. The van der Waals surface area contributed by atoms with E-state index in [2.05, 4.69) is 25.8 Å². The summed E-state index contributed by atoms with van der Waals surface area (Å²) in [7, 11) is 0. The standard InChI is InChI=1S/C17H16ClN5/c1-11-6-5-7-12(2)16(11)21-15-10-19-23-17(22-15)20-14-9-4-3-8-13(14)18/h3-10H,1-2H3,(H2,20,21,22,23). The van der Waals surface area contributed by atoms with Crippen LogP contribution in [0.15, 0.2) is 48.7 Å². The Morgan fingerprint density at radius 3 is 2.39 bits per heavy atom. The minimum absolute atomic E-state index is 0.384. The van der Waals surface area contributed by atoms with Gasteiger partial charge in [-0.25, -0.2) is 0 Å². The van der Waals surface area contributed by atoms with Gasteiger partial charge in [-0.3, -0.25) is 0 Å². The Hall–Kier alpha value is -2.66. The molecule has 0 radical (unpaired) electrons. The van der Waals surface area contributed by atoms with Crippen LogP contribution in [0.5, 0.6) is 0 Å². The Morgan fingerprint density at radius 1 is 0.913 bits per heavy atom. The molecule has 3 rings (SSSR count). The third-order valence-electron chi connectivity index (χ3n) is 3.41. The van der Waals surface area contributed by atoms with Crippen LogP contribution in [0.2, 0.25) is 5.02 Å². The number of benzene rings is 2. The fourth-order valence-electron chi connectivity index (χ4n) is 2.24. The highest BCUT2D eigenvalue weighted by Gasteiger charge is 2.07. The van der Waals surface area contributed by atoms with Gasteiger partial charge in [0.2, 0.25) is 5.95 Å². The van der Waals surface area contributed by atoms with E-state index in [1.54, 1.807) is 12.3 Å². The first-order valence-electron chi connectivity index (χ1n) is 7.18. The summed E-state index contributed by atoms with van der Waals surface area (Å²) in [5, 5.41) is 14.9. The Labute approximate surface area is 139 Å². The zero-order chi connectivity index (χ0) is 16.2. The van der Waals surface area contributed by atoms with Crippen LogP contribution in [-0.4, -0.2) is 15.2 Å². The summed E-state index contributed by atoms with van der Waals surface area (Å²) in [6, 6.07) is 13.5. The van der Waals surface area contributed by atoms with E-state index in [1.165, 1.54) is 0 Å². The zero-order valence-electron chi connectivity index (χ0n) is 12.8. The molecule has 3 aromatic rings. The van der Waals surface area contributed by atoms with Crippen molar-refractivity contribution in [2.45, 2.75) is 13.8 Å². The van der Waals surface area contributed by atoms with E-state index in [1.807, 2.05) is 50.2 Å². The summed E-state index contributed by atoms with van der Waals surface area (Å²) in [6.45, 7) is 4.10. The third kappa shape index (κ3) is 3.57. The van der Waals surface area contributed by atoms with Crippen LogP contribution in [0.3, 0.4) is 0 Å². The fourth-order valence-corrected chi connectivity index (χ4v) is 2.42. The largest absolute Gasteiger partial charge is 0.338 e. The summed E-state index contributed by atoms with van der Waals surface area (Å²) >= 11 is 6.13. The monoisotopic (exact) mass is 325 g/mol. The maximum Gasteiger partial charge on any atom is 0.249 e. The number of halogens is 1. The quantitative estimate of drug-likeness (QED) is 0.732. The van der Waals surface area contributed by atoms with E-state index in [0.717, 1.165) is 22.5 Å². The van der Waals surface area contributed by atoms with Gasteiger partial charge in [-0.15, -0.1) is 5.10 Å². The Balaban J connectivity index is 1.84. The zero-order valence-corrected chi connectivity index (χ0v) is 13.6. The fraction of sp³-hybridized carbons (Fsp3) is 0.118. The Bertz CT molecular complexity index is 814. The van der Waals surface area contributed by atoms with E-state index < -0.39 is 0 Å². The molecule has 23 heavy (non-hydrogen) atoms. The summed E-state index contributed by atoms with van der Waals surface area (Å²) in [5.41, 5.74) is 4.05. The van der Waals surface area contributed by atoms with Gasteiger partial charge in [-0.05, 0) is 37.1 Å². The molecule has 2 N–H and O–H groups in total. The van der Waals surface area contributed by atoms with Crippen molar-refractivity contribution < 1.29 is 0 Å². The highest BCUT2D eigenvalue weighted by atomic mass is 35.5. The second kappa shape index (κ2) is 6.62. The Morgan fingerprint density at radius 2 is 1.65 bits per heavy atom. The molecule has 6 heteroatoms. The lowest BCUT2D eigenvalue weighted by atomic mass is 10.1. The maximum atomic E-state index is 6.13. The SMILES string of the molecule is Cc1cccc(C)c1Nc1cnnc(Nc2ccccc2Cl)n1. The normalized spacial score (nSPS) is 10.4. The summed E-state index contributed by atoms with van der Waals surface area (Å²) in [4.78, 5) is 4.43. The van der Waals surface area contributed by atoms with Gasteiger partial charge in [-0.1, -0.05) is 41.9 Å². The van der Waals surface area contributed by atoms with Gasteiger partial charge in [-0.2, -0.15) is 10.1 Å². The molecule has 1 aromatic heterocycles.